The number of carboxylic acids is 1. The number of nitrogens with zero attached hydrogens (tertiary/aromatic N) is 1. The monoisotopic (exact) mass is 189 g/mol. The van der Waals surface area contributed by atoms with E-state index in [9.17, 15) is 4.79 Å². The number of anilines is 1. The molecule has 6 nitrogen and oxygen atoms in total. The first-order chi connectivity index (χ1) is 5.70. The van der Waals surface area contributed by atoms with Crippen molar-refractivity contribution >= 4 is 22.4 Å². The molecular formula is C5H7N3O3S. The fourth-order valence-electron chi connectivity index (χ4n) is 0.369. The first kappa shape index (κ1) is 8.91. The van der Waals surface area contributed by atoms with Gasteiger partial charge in [-0.2, -0.15) is 5.48 Å². The molecule has 66 valence electrons. The molecule has 1 saturated heterocycles. The van der Waals surface area contributed by atoms with Crippen LogP contribution in [0.5, 0.6) is 0 Å². The summed E-state index contributed by atoms with van der Waals surface area (Å²) in [5.41, 5.74) is 7.32. The van der Waals surface area contributed by atoms with Gasteiger partial charge in [0.05, 0.1) is 0 Å². The molecule has 2 rings (SSSR count). The van der Waals surface area contributed by atoms with Crippen molar-refractivity contribution in [1.29, 1.82) is 0 Å². The highest BCUT2D eigenvalue weighted by Crippen LogP contribution is 2.02. The minimum Gasteiger partial charge on any atom is -0.478 e. The number of nitrogen functional groups attached to an aromatic ring is 1. The van der Waals surface area contributed by atoms with Crippen LogP contribution in [0, 0.1) is 0 Å². The zero-order valence-electron chi connectivity index (χ0n) is 5.93. The number of thiazole rings is 1. The molecule has 0 radical (unpaired) electrons. The smallest absolute Gasteiger partial charge is 0.352 e. The predicted octanol–water partition coefficient (Wildman–Crippen LogP) is -0.343. The minimum atomic E-state index is -0.963. The van der Waals surface area contributed by atoms with Crippen molar-refractivity contribution in [2.24, 2.45) is 0 Å². The van der Waals surface area contributed by atoms with Gasteiger partial charge in [0.25, 0.3) is 0 Å². The number of carboxylic acid groups (broad SMARTS) is 1. The van der Waals surface area contributed by atoms with E-state index in [1.54, 1.807) is 6.20 Å². The lowest BCUT2D eigenvalue weighted by Gasteiger charge is -1.69. The van der Waals surface area contributed by atoms with Crippen LogP contribution in [0.1, 0.15) is 0 Å². The molecule has 7 heteroatoms. The van der Waals surface area contributed by atoms with Crippen LogP contribution >= 0.6 is 11.3 Å². The molecule has 1 fully saturated rings. The molecule has 1 unspecified atom stereocenters. The molecule has 4 N–H and O–H groups in total. The van der Waals surface area contributed by atoms with E-state index in [0.29, 0.717) is 5.13 Å². The van der Waals surface area contributed by atoms with Crippen molar-refractivity contribution in [2.75, 3.05) is 5.73 Å². The summed E-state index contributed by atoms with van der Waals surface area (Å²) in [7, 11) is 0. The predicted molar refractivity (Wildman–Crippen MR) is 42.2 cm³/mol. The standard InChI is InChI=1S/C3H4N2S.C2H3NO3/c4-3-5-1-2-6-3;4-2(5)1-3-6-1/h1-2H,(H2,4,5);1,3H,(H,4,5). The van der Waals surface area contributed by atoms with Gasteiger partial charge in [0, 0.05) is 11.6 Å². The van der Waals surface area contributed by atoms with Gasteiger partial charge in [-0.25, -0.2) is 9.78 Å². The van der Waals surface area contributed by atoms with Gasteiger partial charge in [-0.3, -0.25) is 4.84 Å². The van der Waals surface area contributed by atoms with Gasteiger partial charge in [-0.1, -0.05) is 0 Å². The highest BCUT2D eigenvalue weighted by Gasteiger charge is 2.30. The van der Waals surface area contributed by atoms with Crippen LogP contribution in [-0.4, -0.2) is 22.3 Å². The molecule has 2 heterocycles. The van der Waals surface area contributed by atoms with Gasteiger partial charge in [-0.05, 0) is 0 Å². The average Bonchev–Trinajstić information content (AvgIpc) is 2.77. The maximum atomic E-state index is 9.57. The fraction of sp³-hybridized carbons (Fsp3) is 0.200. The van der Waals surface area contributed by atoms with Gasteiger partial charge < -0.3 is 10.8 Å². The molecule has 1 aliphatic rings. The number of nitrogens with two attached hydrogens (primary N) is 1. The van der Waals surface area contributed by atoms with Crippen molar-refractivity contribution in [3.8, 4) is 0 Å². The Bertz CT molecular complexity index is 246. The highest BCUT2D eigenvalue weighted by molar-refractivity contribution is 7.13. The largest absolute Gasteiger partial charge is 0.478 e. The van der Waals surface area contributed by atoms with Crippen molar-refractivity contribution in [1.82, 2.24) is 10.5 Å². The second-order valence-electron chi connectivity index (χ2n) is 1.82. The highest BCUT2D eigenvalue weighted by atomic mass is 32.1. The summed E-state index contributed by atoms with van der Waals surface area (Å²) in [6.07, 6.45) is 0.949. The maximum absolute atomic E-state index is 9.57. The Kier molecular flexibility index (Phi) is 2.97. The molecule has 0 amide bonds. The number of aliphatic carboxylic acids is 1. The first-order valence-electron chi connectivity index (χ1n) is 2.99. The van der Waals surface area contributed by atoms with E-state index in [4.69, 9.17) is 10.8 Å². The average molecular weight is 189 g/mol. The third kappa shape index (κ3) is 3.28. The van der Waals surface area contributed by atoms with Gasteiger partial charge in [-0.15, -0.1) is 11.3 Å². The number of hydroxylamine groups is 1. The molecule has 12 heavy (non-hydrogen) atoms. The summed E-state index contributed by atoms with van der Waals surface area (Å²) in [5.74, 6) is -0.963. The molecular weight excluding hydrogens is 182 g/mol. The number of rotatable bonds is 1. The number of aromatic nitrogens is 1. The number of carbonyl (C=O) groups is 1. The Hall–Kier alpha value is -1.18. The summed E-state index contributed by atoms with van der Waals surface area (Å²) in [6, 6.07) is 0. The molecule has 0 aliphatic carbocycles. The Morgan fingerprint density at radius 1 is 1.92 bits per heavy atom. The maximum Gasteiger partial charge on any atom is 0.352 e. The summed E-state index contributed by atoms with van der Waals surface area (Å²) >= 11 is 1.44. The van der Waals surface area contributed by atoms with Crippen LogP contribution in [0.2, 0.25) is 0 Å². The Morgan fingerprint density at radius 3 is 2.67 bits per heavy atom. The Balaban J connectivity index is 0.000000120. The Morgan fingerprint density at radius 2 is 2.58 bits per heavy atom. The molecule has 1 aromatic heterocycles. The minimum absolute atomic E-state index is 0.634. The van der Waals surface area contributed by atoms with Crippen molar-refractivity contribution in [3.05, 3.63) is 11.6 Å². The second kappa shape index (κ2) is 4.00. The molecule has 1 aliphatic heterocycles. The van der Waals surface area contributed by atoms with Gasteiger partial charge in [0.2, 0.25) is 6.23 Å². The third-order valence-corrected chi connectivity index (χ3v) is 1.52. The van der Waals surface area contributed by atoms with Crippen molar-refractivity contribution in [2.45, 2.75) is 6.23 Å². The lowest BCUT2D eigenvalue weighted by atomic mass is 10.7. The Labute approximate surface area is 71.9 Å². The quantitative estimate of drug-likeness (QED) is 0.521. The van der Waals surface area contributed by atoms with Crippen molar-refractivity contribution in [3.63, 3.8) is 0 Å². The molecule has 0 aromatic carbocycles. The molecule has 0 saturated carbocycles. The molecule has 1 aromatic rings. The van der Waals surface area contributed by atoms with E-state index in [2.05, 4.69) is 15.3 Å². The van der Waals surface area contributed by atoms with Crippen LogP contribution in [0.3, 0.4) is 0 Å². The SMILES string of the molecule is Nc1nccs1.O=C(O)C1NO1. The van der Waals surface area contributed by atoms with Gasteiger partial charge in [0.15, 0.2) is 5.13 Å². The summed E-state index contributed by atoms with van der Waals surface area (Å²) in [4.78, 5) is 17.4. The van der Waals surface area contributed by atoms with Gasteiger partial charge in [0.1, 0.15) is 0 Å². The number of nitrogens with one attached hydrogen (secondary N) is 1. The second-order valence-corrected chi connectivity index (χ2v) is 2.75. The zero-order valence-corrected chi connectivity index (χ0v) is 6.75. The molecule has 1 atom stereocenters. The van der Waals surface area contributed by atoms with E-state index < -0.39 is 12.2 Å². The van der Waals surface area contributed by atoms with E-state index in [1.165, 1.54) is 11.3 Å². The summed E-state index contributed by atoms with van der Waals surface area (Å²) in [5, 5.41) is 10.3. The van der Waals surface area contributed by atoms with E-state index in [-0.39, 0.29) is 0 Å². The van der Waals surface area contributed by atoms with Crippen molar-refractivity contribution < 1.29 is 14.7 Å². The molecule has 0 bridgehead atoms. The van der Waals surface area contributed by atoms with Crippen LogP contribution < -0.4 is 11.2 Å². The normalized spacial score (nSPS) is 19.2. The number of hydrogen-bond acceptors (Lipinski definition) is 6. The van der Waals surface area contributed by atoms with Crippen LogP contribution in [0.15, 0.2) is 11.6 Å². The van der Waals surface area contributed by atoms with Gasteiger partial charge >= 0.3 is 5.97 Å². The first-order valence-corrected chi connectivity index (χ1v) is 3.87. The molecule has 0 spiro atoms. The lowest BCUT2D eigenvalue weighted by Crippen LogP contribution is -2.05. The van der Waals surface area contributed by atoms with Crippen LogP contribution in [0.25, 0.3) is 0 Å². The lowest BCUT2D eigenvalue weighted by molar-refractivity contribution is -0.138. The fourth-order valence-corrected chi connectivity index (χ4v) is 0.752. The summed E-state index contributed by atoms with van der Waals surface area (Å²) < 4.78 is 0. The number of hydrogen-bond donors (Lipinski definition) is 3. The summed E-state index contributed by atoms with van der Waals surface area (Å²) in [6.45, 7) is 0. The third-order valence-electron chi connectivity index (χ3n) is 0.911. The van der Waals surface area contributed by atoms with E-state index in [0.717, 1.165) is 0 Å². The van der Waals surface area contributed by atoms with Crippen LogP contribution in [-0.2, 0) is 9.63 Å². The van der Waals surface area contributed by atoms with E-state index in [1.807, 2.05) is 5.38 Å². The topological polar surface area (TPSA) is 111 Å². The zero-order chi connectivity index (χ0) is 8.97. The van der Waals surface area contributed by atoms with Crippen LogP contribution in [0.4, 0.5) is 5.13 Å². The van der Waals surface area contributed by atoms with E-state index >= 15 is 0 Å².